The van der Waals surface area contributed by atoms with Gasteiger partial charge < -0.3 is 10.1 Å². The van der Waals surface area contributed by atoms with Gasteiger partial charge in [0.05, 0.1) is 16.9 Å². The van der Waals surface area contributed by atoms with Crippen molar-refractivity contribution in [3.8, 4) is 5.88 Å². The summed E-state index contributed by atoms with van der Waals surface area (Å²) in [7, 11) is 0. The van der Waals surface area contributed by atoms with Gasteiger partial charge in [-0.05, 0) is 38.1 Å². The molecule has 1 amide bonds. The number of aromatic amines is 1. The molecule has 0 aliphatic carbocycles. The molecule has 4 aromatic rings. The maximum Gasteiger partial charge on any atom is 0.316 e. The molecule has 9 heteroatoms. The number of carbonyl (C=O) groups excluding carboxylic acids is 1. The largest absolute Gasteiger partial charge is 0.493 e. The van der Waals surface area contributed by atoms with Gasteiger partial charge in [0.15, 0.2) is 11.4 Å². The first-order chi connectivity index (χ1) is 13.9. The van der Waals surface area contributed by atoms with Crippen molar-refractivity contribution in [1.82, 2.24) is 14.8 Å². The Morgan fingerprint density at radius 2 is 1.90 bits per heavy atom. The molecule has 2 heterocycles. The number of rotatable bonds is 3. The highest BCUT2D eigenvalue weighted by Gasteiger charge is 2.18. The molecule has 0 saturated heterocycles. The number of nitrogens with one attached hydrogen (secondary N) is 1. The molecule has 0 radical (unpaired) electrons. The van der Waals surface area contributed by atoms with Crippen LogP contribution in [0.15, 0.2) is 57.5 Å². The van der Waals surface area contributed by atoms with E-state index in [-0.39, 0.29) is 34.2 Å². The Labute approximate surface area is 163 Å². The van der Waals surface area contributed by atoms with Crippen LogP contribution in [-0.2, 0) is 0 Å². The predicted octanol–water partition coefficient (Wildman–Crippen LogP) is 4.23. The summed E-state index contributed by atoms with van der Waals surface area (Å²) >= 11 is 0. The van der Waals surface area contributed by atoms with E-state index in [1.807, 2.05) is 0 Å². The number of fused-ring (bicyclic) bond motifs is 2. The quantitative estimate of drug-likeness (QED) is 0.507. The average molecular weight is 393 g/mol. The van der Waals surface area contributed by atoms with Crippen LogP contribution in [0.5, 0.6) is 5.88 Å². The summed E-state index contributed by atoms with van der Waals surface area (Å²) in [5.41, 5.74) is 0.0357. The van der Waals surface area contributed by atoms with Gasteiger partial charge in [0.25, 0.3) is 5.56 Å². The third kappa shape index (κ3) is 3.16. The molecule has 146 valence electrons. The molecule has 0 atom stereocenters. The topological polar surface area (TPSA) is 113 Å². The molecule has 2 aromatic carbocycles. The van der Waals surface area contributed by atoms with Crippen molar-refractivity contribution < 1.29 is 14.3 Å². The normalized spacial score (nSPS) is 11.9. The highest BCUT2D eigenvalue weighted by molar-refractivity contribution is 6.05. The van der Waals surface area contributed by atoms with Crippen molar-refractivity contribution in [2.75, 3.05) is 0 Å². The first kappa shape index (κ1) is 18.5. The Morgan fingerprint density at radius 3 is 2.62 bits per heavy atom. The number of aromatic hydroxyl groups is 1. The smallest absolute Gasteiger partial charge is 0.316 e. The number of hydrogen-bond acceptors (Lipinski definition) is 5. The van der Waals surface area contributed by atoms with E-state index >= 15 is 0 Å². The standard InChI is InChI=1S/C20H16FN5O3/c1-10(2)26-20(29)13-6-4-3-5-12(13)17(25-26)19(28)24-23-16-14-9-11(21)7-8-15(14)22-18(16)27/h3-10,22,27H,1-2H3. The first-order valence-corrected chi connectivity index (χ1v) is 8.84. The molecule has 0 aliphatic rings. The lowest BCUT2D eigenvalue weighted by molar-refractivity contribution is 0.0989. The maximum atomic E-state index is 13.5. The van der Waals surface area contributed by atoms with Crippen LogP contribution in [0.1, 0.15) is 30.4 Å². The zero-order chi connectivity index (χ0) is 20.7. The highest BCUT2D eigenvalue weighted by Crippen LogP contribution is 2.35. The van der Waals surface area contributed by atoms with Crippen LogP contribution < -0.4 is 5.56 Å². The van der Waals surface area contributed by atoms with E-state index < -0.39 is 11.7 Å². The summed E-state index contributed by atoms with van der Waals surface area (Å²) in [4.78, 5) is 28.0. The van der Waals surface area contributed by atoms with E-state index in [0.717, 1.165) is 0 Å². The summed E-state index contributed by atoms with van der Waals surface area (Å²) < 4.78 is 14.8. The molecule has 2 N–H and O–H groups in total. The number of amides is 1. The van der Waals surface area contributed by atoms with Gasteiger partial charge in [-0.15, -0.1) is 10.2 Å². The Morgan fingerprint density at radius 1 is 1.17 bits per heavy atom. The van der Waals surface area contributed by atoms with Crippen LogP contribution in [0.25, 0.3) is 21.7 Å². The van der Waals surface area contributed by atoms with E-state index in [4.69, 9.17) is 0 Å². The second kappa shape index (κ2) is 6.93. The maximum absolute atomic E-state index is 13.5. The van der Waals surface area contributed by atoms with Crippen LogP contribution in [-0.4, -0.2) is 25.8 Å². The minimum Gasteiger partial charge on any atom is -0.493 e. The molecule has 4 rings (SSSR count). The molecule has 0 aliphatic heterocycles. The Hall–Kier alpha value is -3.88. The highest BCUT2D eigenvalue weighted by atomic mass is 19.1. The van der Waals surface area contributed by atoms with Crippen LogP contribution in [0, 0.1) is 5.82 Å². The van der Waals surface area contributed by atoms with Gasteiger partial charge in [-0.1, -0.05) is 18.2 Å². The van der Waals surface area contributed by atoms with Crippen molar-refractivity contribution in [2.45, 2.75) is 19.9 Å². The molecule has 2 aromatic heterocycles. The number of azo groups is 1. The number of H-pyrrole nitrogens is 1. The predicted molar refractivity (Wildman–Crippen MR) is 105 cm³/mol. The number of hydrogen-bond donors (Lipinski definition) is 2. The van der Waals surface area contributed by atoms with Crippen molar-refractivity contribution >= 4 is 33.3 Å². The minimum atomic E-state index is -0.791. The molecule has 0 saturated carbocycles. The monoisotopic (exact) mass is 393 g/mol. The molecular weight excluding hydrogens is 377 g/mol. The van der Waals surface area contributed by atoms with Crippen molar-refractivity contribution in [3.63, 3.8) is 0 Å². The lowest BCUT2D eigenvalue weighted by Crippen LogP contribution is -2.27. The second-order valence-corrected chi connectivity index (χ2v) is 6.75. The molecular formula is C20H16FN5O3. The van der Waals surface area contributed by atoms with Gasteiger partial charge in [-0.25, -0.2) is 9.07 Å². The Balaban J connectivity index is 1.83. The van der Waals surface area contributed by atoms with Gasteiger partial charge in [0.2, 0.25) is 5.88 Å². The molecule has 0 fully saturated rings. The van der Waals surface area contributed by atoms with E-state index in [1.165, 1.54) is 22.9 Å². The second-order valence-electron chi connectivity index (χ2n) is 6.75. The molecule has 0 unspecified atom stereocenters. The third-order valence-corrected chi connectivity index (χ3v) is 4.48. The van der Waals surface area contributed by atoms with Crippen LogP contribution in [0.3, 0.4) is 0 Å². The fraction of sp³-hybridized carbons (Fsp3) is 0.150. The molecule has 29 heavy (non-hydrogen) atoms. The first-order valence-electron chi connectivity index (χ1n) is 8.84. The summed E-state index contributed by atoms with van der Waals surface area (Å²) in [6.45, 7) is 3.55. The molecule has 0 spiro atoms. The Bertz CT molecular complexity index is 1350. The fourth-order valence-corrected chi connectivity index (χ4v) is 3.09. The number of benzene rings is 2. The summed E-state index contributed by atoms with van der Waals surface area (Å²) in [5.74, 6) is -1.65. The Kier molecular flexibility index (Phi) is 4.42. The van der Waals surface area contributed by atoms with Crippen LogP contribution in [0.4, 0.5) is 10.1 Å². The van der Waals surface area contributed by atoms with Gasteiger partial charge in [0.1, 0.15) is 5.82 Å². The van der Waals surface area contributed by atoms with E-state index in [0.29, 0.717) is 16.3 Å². The summed E-state index contributed by atoms with van der Waals surface area (Å²) in [6.07, 6.45) is 0. The van der Waals surface area contributed by atoms with E-state index in [9.17, 15) is 19.1 Å². The number of halogens is 1. The fourth-order valence-electron chi connectivity index (χ4n) is 3.09. The summed E-state index contributed by atoms with van der Waals surface area (Å²) in [6, 6.07) is 10.2. The number of aromatic nitrogens is 3. The third-order valence-electron chi connectivity index (χ3n) is 4.48. The van der Waals surface area contributed by atoms with Gasteiger partial charge >= 0.3 is 5.91 Å². The zero-order valence-corrected chi connectivity index (χ0v) is 15.5. The van der Waals surface area contributed by atoms with Gasteiger partial charge in [0, 0.05) is 10.8 Å². The van der Waals surface area contributed by atoms with Crippen molar-refractivity contribution in [1.29, 1.82) is 0 Å². The van der Waals surface area contributed by atoms with Crippen LogP contribution >= 0.6 is 0 Å². The zero-order valence-electron chi connectivity index (χ0n) is 15.5. The minimum absolute atomic E-state index is 0.0387. The summed E-state index contributed by atoms with van der Waals surface area (Å²) in [5, 5.41) is 22.7. The van der Waals surface area contributed by atoms with Gasteiger partial charge in [-0.3, -0.25) is 9.59 Å². The lowest BCUT2D eigenvalue weighted by atomic mass is 10.1. The van der Waals surface area contributed by atoms with Crippen LogP contribution in [0.2, 0.25) is 0 Å². The van der Waals surface area contributed by atoms with E-state index in [1.54, 1.807) is 38.1 Å². The van der Waals surface area contributed by atoms with Crippen molar-refractivity contribution in [3.05, 3.63) is 64.3 Å². The lowest BCUT2D eigenvalue weighted by Gasteiger charge is -2.11. The number of carbonyl (C=O) groups is 1. The van der Waals surface area contributed by atoms with Crippen molar-refractivity contribution in [2.24, 2.45) is 10.2 Å². The van der Waals surface area contributed by atoms with E-state index in [2.05, 4.69) is 20.3 Å². The molecule has 0 bridgehead atoms. The number of nitrogens with zero attached hydrogens (tertiary/aromatic N) is 4. The van der Waals surface area contributed by atoms with Gasteiger partial charge in [-0.2, -0.15) is 5.10 Å². The SMILES string of the molecule is CC(C)n1nc(C(=O)N=Nc2c(O)[nH]c3ccc(F)cc23)c2ccccc2c1=O. The molecule has 8 nitrogen and oxygen atoms in total. The average Bonchev–Trinajstić information content (AvgIpc) is 3.00.